The Bertz CT molecular complexity index is 616. The quantitative estimate of drug-likeness (QED) is 0.616. The second kappa shape index (κ2) is 6.45. The number of nitrogens with zero attached hydrogens (tertiary/aromatic N) is 1. The predicted molar refractivity (Wildman–Crippen MR) is 73.0 cm³/mol. The molecule has 0 saturated carbocycles. The molecule has 6 heteroatoms. The van der Waals surface area contributed by atoms with Gasteiger partial charge < -0.3 is 4.74 Å². The van der Waals surface area contributed by atoms with Gasteiger partial charge in [-0.15, -0.1) is 0 Å². The van der Waals surface area contributed by atoms with E-state index in [1.165, 1.54) is 12.1 Å². The highest BCUT2D eigenvalue weighted by Gasteiger charge is 2.16. The standard InChI is InChI=1S/C14H11ClFNO3/c15-12-6-4-10(5-7-12)8-20-9-11-2-1-3-13(14(11)16)17(18)19/h1-7H,8-9H2. The first-order chi connectivity index (χ1) is 9.58. The molecule has 0 saturated heterocycles. The smallest absolute Gasteiger partial charge is 0.305 e. The third-order valence-corrected chi connectivity index (χ3v) is 2.95. The van der Waals surface area contributed by atoms with Crippen LogP contribution in [0.2, 0.25) is 5.02 Å². The van der Waals surface area contributed by atoms with E-state index >= 15 is 0 Å². The second-order valence-electron chi connectivity index (χ2n) is 4.13. The molecule has 0 aliphatic carbocycles. The van der Waals surface area contributed by atoms with Crippen molar-refractivity contribution in [3.8, 4) is 0 Å². The van der Waals surface area contributed by atoms with Crippen LogP contribution in [-0.2, 0) is 18.0 Å². The molecule has 0 radical (unpaired) electrons. The van der Waals surface area contributed by atoms with E-state index in [-0.39, 0.29) is 18.8 Å². The van der Waals surface area contributed by atoms with Gasteiger partial charge in [-0.25, -0.2) is 0 Å². The van der Waals surface area contributed by atoms with Gasteiger partial charge in [0.1, 0.15) is 0 Å². The summed E-state index contributed by atoms with van der Waals surface area (Å²) in [5, 5.41) is 11.2. The van der Waals surface area contributed by atoms with Gasteiger partial charge in [0, 0.05) is 16.7 Å². The monoisotopic (exact) mass is 295 g/mol. The van der Waals surface area contributed by atoms with E-state index in [1.54, 1.807) is 24.3 Å². The van der Waals surface area contributed by atoms with Gasteiger partial charge in [0.05, 0.1) is 18.1 Å². The minimum Gasteiger partial charge on any atom is -0.372 e. The van der Waals surface area contributed by atoms with E-state index in [0.717, 1.165) is 11.6 Å². The van der Waals surface area contributed by atoms with Gasteiger partial charge >= 0.3 is 5.69 Å². The molecular weight excluding hydrogens is 285 g/mol. The molecule has 2 aromatic rings. The highest BCUT2D eigenvalue weighted by atomic mass is 35.5. The van der Waals surface area contributed by atoms with Crippen LogP contribution in [-0.4, -0.2) is 4.92 Å². The average molecular weight is 296 g/mol. The van der Waals surface area contributed by atoms with Crippen LogP contribution < -0.4 is 0 Å². The maximum absolute atomic E-state index is 13.8. The van der Waals surface area contributed by atoms with Gasteiger partial charge in [-0.2, -0.15) is 4.39 Å². The lowest BCUT2D eigenvalue weighted by Crippen LogP contribution is -2.00. The van der Waals surface area contributed by atoms with Crippen molar-refractivity contribution in [3.63, 3.8) is 0 Å². The first-order valence-corrected chi connectivity index (χ1v) is 6.19. The third kappa shape index (κ3) is 3.53. The molecule has 0 spiro atoms. The van der Waals surface area contributed by atoms with Gasteiger partial charge in [0.2, 0.25) is 5.82 Å². The molecule has 2 rings (SSSR count). The minimum absolute atomic E-state index is 0.0316. The fourth-order valence-corrected chi connectivity index (χ4v) is 1.80. The summed E-state index contributed by atoms with van der Waals surface area (Å²) < 4.78 is 19.1. The lowest BCUT2D eigenvalue weighted by Gasteiger charge is -2.06. The van der Waals surface area contributed by atoms with Crippen LogP contribution in [0.1, 0.15) is 11.1 Å². The maximum Gasteiger partial charge on any atom is 0.305 e. The van der Waals surface area contributed by atoms with Gasteiger partial charge in [-0.05, 0) is 17.7 Å². The van der Waals surface area contributed by atoms with Crippen molar-refractivity contribution < 1.29 is 14.1 Å². The lowest BCUT2D eigenvalue weighted by molar-refractivity contribution is -0.387. The maximum atomic E-state index is 13.8. The molecule has 20 heavy (non-hydrogen) atoms. The van der Waals surface area contributed by atoms with Crippen molar-refractivity contribution in [3.05, 3.63) is 74.5 Å². The number of nitro groups is 1. The fraction of sp³-hybridized carbons (Fsp3) is 0.143. The minimum atomic E-state index is -0.853. The molecule has 0 heterocycles. The van der Waals surface area contributed by atoms with Crippen molar-refractivity contribution in [2.45, 2.75) is 13.2 Å². The van der Waals surface area contributed by atoms with Crippen molar-refractivity contribution in [1.29, 1.82) is 0 Å². The van der Waals surface area contributed by atoms with Crippen molar-refractivity contribution in [2.75, 3.05) is 0 Å². The zero-order valence-electron chi connectivity index (χ0n) is 10.4. The SMILES string of the molecule is O=[N+]([O-])c1cccc(COCc2ccc(Cl)cc2)c1F. The molecule has 0 atom stereocenters. The van der Waals surface area contributed by atoms with E-state index < -0.39 is 16.4 Å². The van der Waals surface area contributed by atoms with Crippen LogP contribution >= 0.6 is 11.6 Å². The van der Waals surface area contributed by atoms with E-state index in [4.69, 9.17) is 16.3 Å². The molecule has 0 unspecified atom stereocenters. The Morgan fingerprint density at radius 3 is 2.50 bits per heavy atom. The number of hydrogen-bond acceptors (Lipinski definition) is 3. The van der Waals surface area contributed by atoms with Crippen LogP contribution in [0.4, 0.5) is 10.1 Å². The molecule has 104 valence electrons. The fourth-order valence-electron chi connectivity index (χ4n) is 1.68. The molecule has 0 aliphatic heterocycles. The number of nitro benzene ring substituents is 1. The topological polar surface area (TPSA) is 52.4 Å². The number of hydrogen-bond donors (Lipinski definition) is 0. The summed E-state index contributed by atoms with van der Waals surface area (Å²) in [6.45, 7) is 0.245. The van der Waals surface area contributed by atoms with E-state index in [1.807, 2.05) is 0 Å². The molecule has 4 nitrogen and oxygen atoms in total. The second-order valence-corrected chi connectivity index (χ2v) is 4.56. The highest BCUT2D eigenvalue weighted by molar-refractivity contribution is 6.30. The number of halogens is 2. The van der Waals surface area contributed by atoms with Gasteiger partial charge in [-0.3, -0.25) is 10.1 Å². The molecule has 0 aromatic heterocycles. The summed E-state index contributed by atoms with van der Waals surface area (Å²) in [5.74, 6) is -0.853. The highest BCUT2D eigenvalue weighted by Crippen LogP contribution is 2.21. The van der Waals surface area contributed by atoms with Crippen LogP contribution in [0.5, 0.6) is 0 Å². The normalized spacial score (nSPS) is 10.5. The number of benzene rings is 2. The average Bonchev–Trinajstić information content (AvgIpc) is 2.42. The summed E-state index contributed by atoms with van der Waals surface area (Å²) in [6.07, 6.45) is 0. The summed E-state index contributed by atoms with van der Waals surface area (Å²) in [5.41, 5.74) is 0.506. The first kappa shape index (κ1) is 14.4. The summed E-state index contributed by atoms with van der Waals surface area (Å²) >= 11 is 5.76. The molecule has 0 aliphatic rings. The Labute approximate surface area is 119 Å². The van der Waals surface area contributed by atoms with Gasteiger partial charge in [0.15, 0.2) is 0 Å². The van der Waals surface area contributed by atoms with Crippen molar-refractivity contribution >= 4 is 17.3 Å². The Morgan fingerprint density at radius 2 is 1.85 bits per heavy atom. The lowest BCUT2D eigenvalue weighted by atomic mass is 10.2. The summed E-state index contributed by atoms with van der Waals surface area (Å²) in [6, 6.07) is 11.1. The molecule has 0 N–H and O–H groups in total. The van der Waals surface area contributed by atoms with Crippen molar-refractivity contribution in [1.82, 2.24) is 0 Å². The van der Waals surface area contributed by atoms with Gasteiger partial charge in [-0.1, -0.05) is 35.9 Å². The van der Waals surface area contributed by atoms with Crippen LogP contribution in [0, 0.1) is 15.9 Å². The Hall–Kier alpha value is -1.98. The van der Waals surface area contributed by atoms with Gasteiger partial charge in [0.25, 0.3) is 0 Å². The molecule has 0 fully saturated rings. The zero-order valence-corrected chi connectivity index (χ0v) is 11.1. The molecule has 0 bridgehead atoms. The molecule has 2 aromatic carbocycles. The predicted octanol–water partition coefficient (Wildman–Crippen LogP) is 4.10. The van der Waals surface area contributed by atoms with E-state index in [0.29, 0.717) is 5.02 Å². The first-order valence-electron chi connectivity index (χ1n) is 5.82. The largest absolute Gasteiger partial charge is 0.372 e. The van der Waals surface area contributed by atoms with Crippen LogP contribution in [0.3, 0.4) is 0 Å². The van der Waals surface area contributed by atoms with E-state index in [2.05, 4.69) is 0 Å². The summed E-state index contributed by atoms with van der Waals surface area (Å²) in [7, 11) is 0. The van der Waals surface area contributed by atoms with Crippen LogP contribution in [0.25, 0.3) is 0 Å². The van der Waals surface area contributed by atoms with Crippen molar-refractivity contribution in [2.24, 2.45) is 0 Å². The van der Waals surface area contributed by atoms with Crippen LogP contribution in [0.15, 0.2) is 42.5 Å². The summed E-state index contributed by atoms with van der Waals surface area (Å²) in [4.78, 5) is 9.86. The number of rotatable bonds is 5. The third-order valence-electron chi connectivity index (χ3n) is 2.69. The Morgan fingerprint density at radius 1 is 1.15 bits per heavy atom. The van der Waals surface area contributed by atoms with E-state index in [9.17, 15) is 14.5 Å². The Balaban J connectivity index is 1.99. The molecule has 0 amide bonds. The Kier molecular flexibility index (Phi) is 4.65. The zero-order chi connectivity index (χ0) is 14.5. The molecular formula is C14H11ClFNO3. The number of ether oxygens (including phenoxy) is 1.